The zero-order chi connectivity index (χ0) is 13.2. The van der Waals surface area contributed by atoms with Crippen molar-refractivity contribution in [3.8, 4) is 11.6 Å². The number of nitrogens with zero attached hydrogens (tertiary/aromatic N) is 4. The molecule has 1 aromatic carbocycles. The van der Waals surface area contributed by atoms with Gasteiger partial charge in [-0.15, -0.1) is 0 Å². The highest BCUT2D eigenvalue weighted by Crippen LogP contribution is 2.28. The highest BCUT2D eigenvalue weighted by molar-refractivity contribution is 5.79. The summed E-state index contributed by atoms with van der Waals surface area (Å²) in [4.78, 5) is 8.40. The van der Waals surface area contributed by atoms with Crippen LogP contribution in [-0.4, -0.2) is 19.7 Å². The average Bonchev–Trinajstić information content (AvgIpc) is 2.82. The van der Waals surface area contributed by atoms with Crippen LogP contribution >= 0.6 is 0 Å². The number of aromatic nitrogens is 4. The third kappa shape index (κ3) is 2.03. The molecule has 5 nitrogen and oxygen atoms in total. The molecule has 0 saturated heterocycles. The summed E-state index contributed by atoms with van der Waals surface area (Å²) >= 11 is 0. The number of para-hydroxylation sites is 1. The van der Waals surface area contributed by atoms with Crippen LogP contribution in [0.4, 0.5) is 0 Å². The van der Waals surface area contributed by atoms with E-state index >= 15 is 0 Å². The topological polar surface area (TPSA) is 52.8 Å². The molecule has 0 bridgehead atoms. The van der Waals surface area contributed by atoms with E-state index in [-0.39, 0.29) is 0 Å². The number of ether oxygens (including phenoxy) is 1. The molecule has 2 aromatic heterocycles. The van der Waals surface area contributed by atoms with E-state index in [0.717, 1.165) is 28.8 Å². The van der Waals surface area contributed by atoms with Crippen molar-refractivity contribution < 1.29 is 4.74 Å². The van der Waals surface area contributed by atoms with E-state index in [2.05, 4.69) is 28.1 Å². The molecule has 0 aliphatic rings. The van der Waals surface area contributed by atoms with Crippen molar-refractivity contribution in [3.05, 3.63) is 42.4 Å². The van der Waals surface area contributed by atoms with Gasteiger partial charge in [-0.25, -0.2) is 9.97 Å². The summed E-state index contributed by atoms with van der Waals surface area (Å²) in [6.07, 6.45) is 4.13. The van der Waals surface area contributed by atoms with Gasteiger partial charge < -0.3 is 4.74 Å². The zero-order valence-corrected chi connectivity index (χ0v) is 10.9. The first-order valence-corrected chi connectivity index (χ1v) is 6.18. The van der Waals surface area contributed by atoms with Crippen molar-refractivity contribution in [2.24, 2.45) is 7.05 Å². The lowest BCUT2D eigenvalue weighted by molar-refractivity contribution is 0.462. The van der Waals surface area contributed by atoms with Crippen molar-refractivity contribution in [2.45, 2.75) is 13.3 Å². The van der Waals surface area contributed by atoms with Crippen LogP contribution < -0.4 is 4.74 Å². The molecule has 96 valence electrons. The van der Waals surface area contributed by atoms with Crippen LogP contribution in [0, 0.1) is 0 Å². The van der Waals surface area contributed by atoms with Gasteiger partial charge in [0.15, 0.2) is 5.65 Å². The van der Waals surface area contributed by atoms with Gasteiger partial charge in [0.25, 0.3) is 0 Å². The normalized spacial score (nSPS) is 10.8. The van der Waals surface area contributed by atoms with Crippen molar-refractivity contribution in [1.29, 1.82) is 0 Å². The van der Waals surface area contributed by atoms with E-state index < -0.39 is 0 Å². The maximum absolute atomic E-state index is 5.92. The first-order chi connectivity index (χ1) is 9.29. The quantitative estimate of drug-likeness (QED) is 0.721. The maximum Gasteiger partial charge on any atom is 0.233 e. The minimum Gasteiger partial charge on any atom is -0.438 e. The molecule has 5 heteroatoms. The molecular weight excluding hydrogens is 240 g/mol. The van der Waals surface area contributed by atoms with E-state index in [9.17, 15) is 0 Å². The van der Waals surface area contributed by atoms with Crippen molar-refractivity contribution in [3.63, 3.8) is 0 Å². The molecule has 0 atom stereocenters. The minimum absolute atomic E-state index is 0.541. The Balaban J connectivity index is 2.06. The molecular formula is C14H14N4O. The highest BCUT2D eigenvalue weighted by Gasteiger charge is 2.11. The van der Waals surface area contributed by atoms with E-state index in [1.165, 1.54) is 6.33 Å². The van der Waals surface area contributed by atoms with Gasteiger partial charge in [0, 0.05) is 7.05 Å². The Morgan fingerprint density at radius 3 is 2.89 bits per heavy atom. The Morgan fingerprint density at radius 2 is 2.05 bits per heavy atom. The van der Waals surface area contributed by atoms with Crippen LogP contribution in [0.5, 0.6) is 11.6 Å². The van der Waals surface area contributed by atoms with Crippen LogP contribution in [-0.2, 0) is 13.5 Å². The molecule has 2 heterocycles. The standard InChI is InChI=1S/C14H14N4O/c1-3-10-6-4-5-7-12(10)19-14-11-8-17-18(2)13(11)15-9-16-14/h4-9H,3H2,1-2H3. The molecule has 0 amide bonds. The number of aryl methyl sites for hydroxylation is 2. The van der Waals surface area contributed by atoms with Gasteiger partial charge >= 0.3 is 0 Å². The summed E-state index contributed by atoms with van der Waals surface area (Å²) in [5.41, 5.74) is 1.91. The molecule has 0 radical (unpaired) electrons. The summed E-state index contributed by atoms with van der Waals surface area (Å²) in [5, 5.41) is 4.99. The summed E-state index contributed by atoms with van der Waals surface area (Å²) in [6, 6.07) is 7.96. The molecule has 0 saturated carbocycles. The number of fused-ring (bicyclic) bond motifs is 1. The third-order valence-electron chi connectivity index (χ3n) is 3.05. The molecule has 0 unspecified atom stereocenters. The largest absolute Gasteiger partial charge is 0.438 e. The first kappa shape index (κ1) is 11.6. The number of hydrogen-bond donors (Lipinski definition) is 0. The Kier molecular flexibility index (Phi) is 2.87. The second kappa shape index (κ2) is 4.68. The molecule has 0 aliphatic heterocycles. The van der Waals surface area contributed by atoms with E-state index in [0.29, 0.717) is 5.88 Å². The molecule has 3 rings (SSSR count). The predicted molar refractivity (Wildman–Crippen MR) is 72.2 cm³/mol. The van der Waals surface area contributed by atoms with Gasteiger partial charge in [0.1, 0.15) is 17.5 Å². The van der Waals surface area contributed by atoms with Crippen LogP contribution in [0.25, 0.3) is 11.0 Å². The van der Waals surface area contributed by atoms with Gasteiger partial charge in [0.05, 0.1) is 6.20 Å². The molecule has 0 N–H and O–H groups in total. The molecule has 3 aromatic rings. The number of benzene rings is 1. The lowest BCUT2D eigenvalue weighted by atomic mass is 10.1. The second-order valence-electron chi connectivity index (χ2n) is 4.25. The van der Waals surface area contributed by atoms with E-state index in [1.54, 1.807) is 10.9 Å². The maximum atomic E-state index is 5.92. The van der Waals surface area contributed by atoms with Crippen LogP contribution in [0.2, 0.25) is 0 Å². The Labute approximate surface area is 110 Å². The van der Waals surface area contributed by atoms with E-state index in [1.807, 2.05) is 25.2 Å². The summed E-state index contributed by atoms with van der Waals surface area (Å²) in [5.74, 6) is 1.37. The van der Waals surface area contributed by atoms with Gasteiger partial charge in [-0.3, -0.25) is 4.68 Å². The zero-order valence-electron chi connectivity index (χ0n) is 10.9. The summed E-state index contributed by atoms with van der Waals surface area (Å²) in [7, 11) is 1.85. The molecule has 0 aliphatic carbocycles. The Morgan fingerprint density at radius 1 is 1.21 bits per heavy atom. The van der Waals surface area contributed by atoms with Crippen LogP contribution in [0.1, 0.15) is 12.5 Å². The average molecular weight is 254 g/mol. The van der Waals surface area contributed by atoms with Crippen molar-refractivity contribution >= 4 is 11.0 Å². The monoisotopic (exact) mass is 254 g/mol. The highest BCUT2D eigenvalue weighted by atomic mass is 16.5. The fourth-order valence-corrected chi connectivity index (χ4v) is 2.02. The van der Waals surface area contributed by atoms with Crippen molar-refractivity contribution in [1.82, 2.24) is 19.7 Å². The number of hydrogen-bond acceptors (Lipinski definition) is 4. The predicted octanol–water partition coefficient (Wildman–Crippen LogP) is 2.72. The molecule has 19 heavy (non-hydrogen) atoms. The fraction of sp³-hybridized carbons (Fsp3) is 0.214. The molecule has 0 fully saturated rings. The molecule has 0 spiro atoms. The lowest BCUT2D eigenvalue weighted by Crippen LogP contribution is -1.95. The smallest absolute Gasteiger partial charge is 0.233 e. The Hall–Kier alpha value is -2.43. The SMILES string of the molecule is CCc1ccccc1Oc1ncnc2c1cnn2C. The third-order valence-corrected chi connectivity index (χ3v) is 3.05. The minimum atomic E-state index is 0.541. The van der Waals surface area contributed by atoms with Crippen LogP contribution in [0.15, 0.2) is 36.8 Å². The van der Waals surface area contributed by atoms with Crippen LogP contribution in [0.3, 0.4) is 0 Å². The van der Waals surface area contributed by atoms with E-state index in [4.69, 9.17) is 4.74 Å². The lowest BCUT2D eigenvalue weighted by Gasteiger charge is -2.09. The van der Waals surface area contributed by atoms with Gasteiger partial charge in [0.2, 0.25) is 5.88 Å². The van der Waals surface area contributed by atoms with Gasteiger partial charge in [-0.2, -0.15) is 5.10 Å². The first-order valence-electron chi connectivity index (χ1n) is 6.18. The fourth-order valence-electron chi connectivity index (χ4n) is 2.02. The summed E-state index contributed by atoms with van der Waals surface area (Å²) in [6.45, 7) is 2.10. The van der Waals surface area contributed by atoms with Gasteiger partial charge in [-0.05, 0) is 18.1 Å². The second-order valence-corrected chi connectivity index (χ2v) is 4.25. The number of rotatable bonds is 3. The summed E-state index contributed by atoms with van der Waals surface area (Å²) < 4.78 is 7.63. The van der Waals surface area contributed by atoms with Gasteiger partial charge in [-0.1, -0.05) is 25.1 Å². The van der Waals surface area contributed by atoms with Crippen molar-refractivity contribution in [2.75, 3.05) is 0 Å². The Bertz CT molecular complexity index is 720.